The van der Waals surface area contributed by atoms with Gasteiger partial charge in [0.15, 0.2) is 5.69 Å². The fourth-order valence-corrected chi connectivity index (χ4v) is 2.68. The Morgan fingerprint density at radius 2 is 1.81 bits per heavy atom. The Labute approximate surface area is 121 Å². The van der Waals surface area contributed by atoms with Crippen molar-refractivity contribution in [2.75, 3.05) is 13.1 Å². The first-order valence-corrected chi connectivity index (χ1v) is 7.23. The highest BCUT2D eigenvalue weighted by molar-refractivity contribution is 5.80. The number of alkyl halides is 3. The molecule has 4 nitrogen and oxygen atoms in total. The molecular formula is C14H20F3N3O. The Morgan fingerprint density at radius 1 is 1.24 bits per heavy atom. The molecule has 0 N–H and O–H groups in total. The van der Waals surface area contributed by atoms with Crippen LogP contribution in [0.25, 0.3) is 0 Å². The van der Waals surface area contributed by atoms with Crippen molar-refractivity contribution in [3.8, 4) is 0 Å². The van der Waals surface area contributed by atoms with Crippen LogP contribution in [0.4, 0.5) is 13.2 Å². The van der Waals surface area contributed by atoms with E-state index in [1.54, 1.807) is 11.8 Å². The number of amides is 1. The quantitative estimate of drug-likeness (QED) is 0.841. The van der Waals surface area contributed by atoms with E-state index in [4.69, 9.17) is 0 Å². The van der Waals surface area contributed by atoms with E-state index >= 15 is 0 Å². The zero-order chi connectivity index (χ0) is 15.6. The second-order valence-corrected chi connectivity index (χ2v) is 5.53. The van der Waals surface area contributed by atoms with E-state index in [1.165, 1.54) is 11.6 Å². The number of hydrogen-bond acceptors (Lipinski definition) is 2. The summed E-state index contributed by atoms with van der Waals surface area (Å²) in [5.41, 5.74) is -0.603. The molecule has 0 spiro atoms. The molecule has 1 aromatic rings. The topological polar surface area (TPSA) is 38.1 Å². The summed E-state index contributed by atoms with van der Waals surface area (Å²) in [5, 5.41) is 3.56. The highest BCUT2D eigenvalue weighted by atomic mass is 19.4. The van der Waals surface area contributed by atoms with Gasteiger partial charge >= 0.3 is 6.18 Å². The number of rotatable bonds is 2. The Balaban J connectivity index is 2.17. The van der Waals surface area contributed by atoms with Crippen LogP contribution in [-0.4, -0.2) is 33.7 Å². The fraction of sp³-hybridized carbons (Fsp3) is 0.714. The molecule has 118 valence electrons. The van der Waals surface area contributed by atoms with E-state index in [1.807, 2.05) is 0 Å². The maximum Gasteiger partial charge on any atom is 0.435 e. The molecule has 0 bridgehead atoms. The van der Waals surface area contributed by atoms with E-state index < -0.39 is 17.9 Å². The molecule has 0 aliphatic carbocycles. The van der Waals surface area contributed by atoms with Gasteiger partial charge in [-0.15, -0.1) is 0 Å². The van der Waals surface area contributed by atoms with Crippen LogP contribution < -0.4 is 0 Å². The van der Waals surface area contributed by atoms with Gasteiger partial charge in [-0.1, -0.05) is 12.8 Å². The van der Waals surface area contributed by atoms with Gasteiger partial charge in [0.25, 0.3) is 0 Å². The van der Waals surface area contributed by atoms with E-state index in [0.29, 0.717) is 18.8 Å². The van der Waals surface area contributed by atoms with Gasteiger partial charge in [-0.2, -0.15) is 18.3 Å². The summed E-state index contributed by atoms with van der Waals surface area (Å²) in [6.45, 7) is 4.49. The van der Waals surface area contributed by atoms with Crippen molar-refractivity contribution in [3.63, 3.8) is 0 Å². The van der Waals surface area contributed by atoms with E-state index in [9.17, 15) is 18.0 Å². The minimum atomic E-state index is -4.48. The molecule has 1 fully saturated rings. The minimum Gasteiger partial charge on any atom is -0.341 e. The molecule has 21 heavy (non-hydrogen) atoms. The van der Waals surface area contributed by atoms with Crippen molar-refractivity contribution in [2.24, 2.45) is 0 Å². The second-order valence-electron chi connectivity index (χ2n) is 5.53. The van der Waals surface area contributed by atoms with Crippen molar-refractivity contribution in [1.82, 2.24) is 14.7 Å². The lowest BCUT2D eigenvalue weighted by atomic mass is 10.2. The van der Waals surface area contributed by atoms with Crippen LogP contribution in [0.3, 0.4) is 0 Å². The Kier molecular flexibility index (Phi) is 4.58. The van der Waals surface area contributed by atoms with Gasteiger partial charge in [0, 0.05) is 18.8 Å². The molecule has 2 rings (SSSR count). The molecule has 0 saturated carbocycles. The van der Waals surface area contributed by atoms with E-state index in [-0.39, 0.29) is 5.91 Å². The highest BCUT2D eigenvalue weighted by Gasteiger charge is 2.35. The molecule has 1 saturated heterocycles. The van der Waals surface area contributed by atoms with Crippen molar-refractivity contribution < 1.29 is 18.0 Å². The Hall–Kier alpha value is -1.53. The van der Waals surface area contributed by atoms with Crippen LogP contribution in [0.1, 0.15) is 50.0 Å². The molecule has 1 unspecified atom stereocenters. The van der Waals surface area contributed by atoms with Gasteiger partial charge in [0.1, 0.15) is 6.04 Å². The summed E-state index contributed by atoms with van der Waals surface area (Å²) in [5.74, 6) is -0.156. The van der Waals surface area contributed by atoms with Crippen LogP contribution in [-0.2, 0) is 11.0 Å². The lowest BCUT2D eigenvalue weighted by Gasteiger charge is -2.24. The number of carbonyl (C=O) groups is 1. The standard InChI is InChI=1S/C14H20F3N3O/c1-10-9-12(14(15,16)17)18-20(10)11(2)13(21)19-7-5-3-4-6-8-19/h9,11H,3-8H2,1-2H3. The maximum absolute atomic E-state index is 12.7. The molecule has 1 amide bonds. The summed E-state index contributed by atoms with van der Waals surface area (Å²) >= 11 is 0. The number of carbonyl (C=O) groups excluding carboxylic acids is 1. The van der Waals surface area contributed by atoms with Crippen LogP contribution in [0.5, 0.6) is 0 Å². The highest BCUT2D eigenvalue weighted by Crippen LogP contribution is 2.29. The van der Waals surface area contributed by atoms with Gasteiger partial charge in [0.2, 0.25) is 5.91 Å². The number of aryl methyl sites for hydroxylation is 1. The van der Waals surface area contributed by atoms with Crippen LogP contribution in [0, 0.1) is 6.92 Å². The van der Waals surface area contributed by atoms with Gasteiger partial charge in [-0.25, -0.2) is 0 Å². The predicted molar refractivity (Wildman–Crippen MR) is 71.7 cm³/mol. The lowest BCUT2D eigenvalue weighted by Crippen LogP contribution is -2.37. The van der Waals surface area contributed by atoms with Crippen molar-refractivity contribution in [2.45, 2.75) is 51.7 Å². The first-order valence-electron chi connectivity index (χ1n) is 7.23. The smallest absolute Gasteiger partial charge is 0.341 e. The Bertz CT molecular complexity index is 502. The van der Waals surface area contributed by atoms with E-state index in [0.717, 1.165) is 31.7 Å². The molecule has 7 heteroatoms. The van der Waals surface area contributed by atoms with Crippen LogP contribution in [0.2, 0.25) is 0 Å². The molecule has 1 aromatic heterocycles. The molecule has 2 heterocycles. The van der Waals surface area contributed by atoms with Crippen molar-refractivity contribution in [1.29, 1.82) is 0 Å². The van der Waals surface area contributed by atoms with Gasteiger partial charge < -0.3 is 4.90 Å². The normalized spacial score (nSPS) is 18.4. The predicted octanol–water partition coefficient (Wildman–Crippen LogP) is 3.17. The number of aromatic nitrogens is 2. The zero-order valence-corrected chi connectivity index (χ0v) is 12.3. The molecule has 0 aromatic carbocycles. The third-order valence-corrected chi connectivity index (χ3v) is 3.85. The summed E-state index contributed by atoms with van der Waals surface area (Å²) in [4.78, 5) is 14.2. The fourth-order valence-electron chi connectivity index (χ4n) is 2.68. The first-order chi connectivity index (χ1) is 9.80. The zero-order valence-electron chi connectivity index (χ0n) is 12.3. The minimum absolute atomic E-state index is 0.156. The average molecular weight is 303 g/mol. The number of likely N-dealkylation sites (tertiary alicyclic amines) is 1. The lowest BCUT2D eigenvalue weighted by molar-refractivity contribution is -0.142. The van der Waals surface area contributed by atoms with Gasteiger partial charge in [-0.05, 0) is 32.8 Å². The number of nitrogens with zero attached hydrogens (tertiary/aromatic N) is 3. The number of halogens is 3. The SMILES string of the molecule is Cc1cc(C(F)(F)F)nn1C(C)C(=O)N1CCCCCC1. The third-order valence-electron chi connectivity index (χ3n) is 3.85. The molecule has 1 aliphatic rings. The molecule has 1 aliphatic heterocycles. The second kappa shape index (κ2) is 6.07. The summed E-state index contributed by atoms with van der Waals surface area (Å²) in [7, 11) is 0. The van der Waals surface area contributed by atoms with Crippen LogP contribution >= 0.6 is 0 Å². The van der Waals surface area contributed by atoms with Crippen LogP contribution in [0.15, 0.2) is 6.07 Å². The third kappa shape index (κ3) is 3.57. The monoisotopic (exact) mass is 303 g/mol. The molecule has 0 radical (unpaired) electrons. The largest absolute Gasteiger partial charge is 0.435 e. The Morgan fingerprint density at radius 3 is 2.29 bits per heavy atom. The summed E-state index contributed by atoms with van der Waals surface area (Å²) < 4.78 is 39.2. The summed E-state index contributed by atoms with van der Waals surface area (Å²) in [6, 6.07) is 0.269. The maximum atomic E-state index is 12.7. The van der Waals surface area contributed by atoms with Crippen molar-refractivity contribution >= 4 is 5.91 Å². The number of hydrogen-bond donors (Lipinski definition) is 0. The summed E-state index contributed by atoms with van der Waals surface area (Å²) in [6.07, 6.45) is -0.398. The average Bonchev–Trinajstić information content (AvgIpc) is 2.64. The molecular weight excluding hydrogens is 283 g/mol. The van der Waals surface area contributed by atoms with Gasteiger partial charge in [-0.3, -0.25) is 9.48 Å². The van der Waals surface area contributed by atoms with E-state index in [2.05, 4.69) is 5.10 Å². The first kappa shape index (κ1) is 15.9. The molecule has 1 atom stereocenters. The van der Waals surface area contributed by atoms with Crippen molar-refractivity contribution in [3.05, 3.63) is 17.5 Å². The van der Waals surface area contributed by atoms with Gasteiger partial charge in [0.05, 0.1) is 0 Å².